The Morgan fingerprint density at radius 2 is 1.71 bits per heavy atom. The highest BCUT2D eigenvalue weighted by atomic mass is 32.2. The summed E-state index contributed by atoms with van der Waals surface area (Å²) in [6.45, 7) is 5.29. The second-order valence-corrected chi connectivity index (χ2v) is 8.11. The van der Waals surface area contributed by atoms with Crippen molar-refractivity contribution in [3.8, 4) is 0 Å². The number of nitrogens with one attached hydrogen (secondary N) is 1. The van der Waals surface area contributed by atoms with Gasteiger partial charge in [0.15, 0.2) is 0 Å². The van der Waals surface area contributed by atoms with E-state index < -0.39 is 10.0 Å². The van der Waals surface area contributed by atoms with Gasteiger partial charge in [-0.2, -0.15) is 0 Å². The van der Waals surface area contributed by atoms with Crippen LogP contribution in [0.3, 0.4) is 0 Å². The maximum Gasteiger partial charge on any atom is 0.264 e. The smallest absolute Gasteiger partial charge is 0.264 e. The zero-order chi connectivity index (χ0) is 20.4. The van der Waals surface area contributed by atoms with E-state index in [0.717, 1.165) is 16.3 Å². The van der Waals surface area contributed by atoms with E-state index in [1.54, 1.807) is 30.3 Å². The minimum Gasteiger partial charge on any atom is -0.382 e. The molecule has 0 unspecified atom stereocenters. The van der Waals surface area contributed by atoms with Crippen molar-refractivity contribution in [3.05, 3.63) is 60.2 Å². The first kappa shape index (κ1) is 21.9. The number of aryl methyl sites for hydroxylation is 1. The Labute approximate surface area is 167 Å². The zero-order valence-electron chi connectivity index (χ0n) is 16.4. The van der Waals surface area contributed by atoms with Gasteiger partial charge < -0.3 is 10.1 Å². The van der Waals surface area contributed by atoms with Crippen LogP contribution < -0.4 is 9.62 Å². The highest BCUT2D eigenvalue weighted by Gasteiger charge is 2.26. The number of amides is 1. The molecule has 2 aromatic carbocycles. The molecule has 1 N–H and O–H groups in total. The summed E-state index contributed by atoms with van der Waals surface area (Å²) >= 11 is 0. The number of benzene rings is 2. The molecule has 0 radical (unpaired) electrons. The Morgan fingerprint density at radius 1 is 1.04 bits per heavy atom. The molecule has 2 rings (SSSR count). The van der Waals surface area contributed by atoms with Crippen LogP contribution in [0.5, 0.6) is 0 Å². The van der Waals surface area contributed by atoms with Crippen LogP contribution in [0.1, 0.15) is 25.8 Å². The highest BCUT2D eigenvalue weighted by molar-refractivity contribution is 7.92. The van der Waals surface area contributed by atoms with Crippen molar-refractivity contribution in [1.29, 1.82) is 0 Å². The van der Waals surface area contributed by atoms with Gasteiger partial charge in [-0.05, 0) is 49.6 Å². The van der Waals surface area contributed by atoms with E-state index in [2.05, 4.69) is 5.32 Å². The summed E-state index contributed by atoms with van der Waals surface area (Å²) in [4.78, 5) is 12.6. The molecule has 0 heterocycles. The van der Waals surface area contributed by atoms with Crippen LogP contribution in [0, 0.1) is 0 Å². The summed E-state index contributed by atoms with van der Waals surface area (Å²) < 4.78 is 32.7. The van der Waals surface area contributed by atoms with Crippen molar-refractivity contribution in [2.24, 2.45) is 0 Å². The number of sulfonamides is 1. The molecular formula is C21H28N2O4S. The molecule has 0 atom stereocenters. The Balaban J connectivity index is 2.20. The standard InChI is InChI=1S/C21H28N2O4S/c1-3-18-11-13-19(14-12-18)23(17-21(24)22-15-8-16-27-4-2)28(25,26)20-9-6-5-7-10-20/h5-7,9-14H,3-4,8,15-17H2,1-2H3,(H,22,24). The van der Waals surface area contributed by atoms with Crippen LogP contribution in [0.2, 0.25) is 0 Å². The molecule has 0 aliphatic heterocycles. The van der Waals surface area contributed by atoms with E-state index in [1.807, 2.05) is 26.0 Å². The predicted molar refractivity (Wildman–Crippen MR) is 111 cm³/mol. The number of anilines is 1. The van der Waals surface area contributed by atoms with Crippen molar-refractivity contribution < 1.29 is 17.9 Å². The van der Waals surface area contributed by atoms with E-state index in [-0.39, 0.29) is 17.3 Å². The van der Waals surface area contributed by atoms with E-state index in [9.17, 15) is 13.2 Å². The molecule has 0 aliphatic rings. The number of nitrogens with zero attached hydrogens (tertiary/aromatic N) is 1. The Hall–Kier alpha value is -2.38. The molecule has 1 amide bonds. The SMILES string of the molecule is CCOCCCNC(=O)CN(c1ccc(CC)cc1)S(=O)(=O)c1ccccc1. The van der Waals surface area contributed by atoms with Crippen molar-refractivity contribution in [2.45, 2.75) is 31.6 Å². The Bertz CT molecular complexity index is 836. The molecule has 0 fully saturated rings. The molecular weight excluding hydrogens is 376 g/mol. The third-order valence-electron chi connectivity index (χ3n) is 4.24. The van der Waals surface area contributed by atoms with Crippen LogP contribution in [0.4, 0.5) is 5.69 Å². The number of carbonyl (C=O) groups excluding carboxylic acids is 1. The van der Waals surface area contributed by atoms with Gasteiger partial charge in [-0.25, -0.2) is 8.42 Å². The summed E-state index contributed by atoms with van der Waals surface area (Å²) in [5.74, 6) is -0.351. The van der Waals surface area contributed by atoms with Crippen LogP contribution >= 0.6 is 0 Å². The maximum atomic E-state index is 13.2. The second kappa shape index (κ2) is 10.8. The first-order valence-corrected chi connectivity index (χ1v) is 10.9. The molecule has 28 heavy (non-hydrogen) atoms. The second-order valence-electron chi connectivity index (χ2n) is 6.25. The first-order chi connectivity index (χ1) is 13.5. The number of hydrogen-bond donors (Lipinski definition) is 1. The van der Waals surface area contributed by atoms with Crippen molar-refractivity contribution >= 4 is 21.6 Å². The average molecular weight is 405 g/mol. The topological polar surface area (TPSA) is 75.7 Å². The lowest BCUT2D eigenvalue weighted by Gasteiger charge is -2.24. The lowest BCUT2D eigenvalue weighted by molar-refractivity contribution is -0.119. The summed E-state index contributed by atoms with van der Waals surface area (Å²) in [5.41, 5.74) is 1.56. The van der Waals surface area contributed by atoms with Crippen LogP contribution in [0.15, 0.2) is 59.5 Å². The van der Waals surface area contributed by atoms with E-state index >= 15 is 0 Å². The number of rotatable bonds is 11. The van der Waals surface area contributed by atoms with Gasteiger partial charge in [0.05, 0.1) is 10.6 Å². The quantitative estimate of drug-likeness (QED) is 0.584. The first-order valence-electron chi connectivity index (χ1n) is 9.50. The van der Waals surface area contributed by atoms with Gasteiger partial charge in [-0.15, -0.1) is 0 Å². The molecule has 6 nitrogen and oxygen atoms in total. The molecule has 0 saturated heterocycles. The fourth-order valence-corrected chi connectivity index (χ4v) is 4.11. The molecule has 0 bridgehead atoms. The molecule has 0 spiro atoms. The van der Waals surface area contributed by atoms with E-state index in [0.29, 0.717) is 31.9 Å². The van der Waals surface area contributed by atoms with Gasteiger partial charge in [-0.1, -0.05) is 37.3 Å². The van der Waals surface area contributed by atoms with Gasteiger partial charge in [-0.3, -0.25) is 9.10 Å². The largest absolute Gasteiger partial charge is 0.382 e. The van der Waals surface area contributed by atoms with Gasteiger partial charge in [0.25, 0.3) is 10.0 Å². The lowest BCUT2D eigenvalue weighted by Crippen LogP contribution is -2.41. The van der Waals surface area contributed by atoms with Crippen LogP contribution in [-0.4, -0.2) is 40.6 Å². The van der Waals surface area contributed by atoms with E-state index in [4.69, 9.17) is 4.74 Å². The highest BCUT2D eigenvalue weighted by Crippen LogP contribution is 2.24. The molecule has 152 valence electrons. The monoisotopic (exact) mass is 404 g/mol. The van der Waals surface area contributed by atoms with Crippen molar-refractivity contribution in [1.82, 2.24) is 5.32 Å². The summed E-state index contributed by atoms with van der Waals surface area (Å²) in [6, 6.07) is 15.4. The minimum absolute atomic E-state index is 0.152. The third kappa shape index (κ3) is 6.07. The van der Waals surface area contributed by atoms with Gasteiger partial charge >= 0.3 is 0 Å². The third-order valence-corrected chi connectivity index (χ3v) is 6.03. The number of carbonyl (C=O) groups is 1. The van der Waals surface area contributed by atoms with Crippen molar-refractivity contribution in [3.63, 3.8) is 0 Å². The van der Waals surface area contributed by atoms with E-state index in [1.165, 1.54) is 12.1 Å². The van der Waals surface area contributed by atoms with Gasteiger partial charge in [0.1, 0.15) is 6.54 Å². The Morgan fingerprint density at radius 3 is 2.32 bits per heavy atom. The number of ether oxygens (including phenoxy) is 1. The fraction of sp³-hybridized carbons (Fsp3) is 0.381. The number of hydrogen-bond acceptors (Lipinski definition) is 4. The zero-order valence-corrected chi connectivity index (χ0v) is 17.2. The average Bonchev–Trinajstić information content (AvgIpc) is 2.72. The molecule has 0 saturated carbocycles. The molecule has 7 heteroatoms. The van der Waals surface area contributed by atoms with Crippen LogP contribution in [-0.2, 0) is 26.0 Å². The maximum absolute atomic E-state index is 13.2. The van der Waals surface area contributed by atoms with Gasteiger partial charge in [0.2, 0.25) is 5.91 Å². The minimum atomic E-state index is -3.86. The molecule has 0 aromatic heterocycles. The summed E-state index contributed by atoms with van der Waals surface area (Å²) in [5, 5.41) is 2.76. The molecule has 2 aromatic rings. The molecule has 0 aliphatic carbocycles. The lowest BCUT2D eigenvalue weighted by atomic mass is 10.1. The Kier molecular flexibility index (Phi) is 8.47. The predicted octanol–water partition coefficient (Wildman–Crippen LogP) is 2.99. The summed E-state index contributed by atoms with van der Waals surface area (Å²) in [6.07, 6.45) is 1.53. The normalized spacial score (nSPS) is 11.2. The fourth-order valence-electron chi connectivity index (χ4n) is 2.67. The van der Waals surface area contributed by atoms with Gasteiger partial charge in [0, 0.05) is 19.8 Å². The van der Waals surface area contributed by atoms with Crippen molar-refractivity contribution in [2.75, 3.05) is 30.6 Å². The summed E-state index contributed by atoms with van der Waals surface area (Å²) in [7, 11) is -3.86. The van der Waals surface area contributed by atoms with Crippen LogP contribution in [0.25, 0.3) is 0 Å².